The molecular formula is C19H28N4O3S2. The van der Waals surface area contributed by atoms with Gasteiger partial charge in [-0.25, -0.2) is 18.5 Å². The van der Waals surface area contributed by atoms with Crippen molar-refractivity contribution in [1.82, 2.24) is 14.9 Å². The van der Waals surface area contributed by atoms with Crippen LogP contribution in [0.1, 0.15) is 52.4 Å². The Balaban J connectivity index is 1.86. The molecule has 1 aliphatic rings. The van der Waals surface area contributed by atoms with Gasteiger partial charge < -0.3 is 9.88 Å². The van der Waals surface area contributed by atoms with E-state index in [2.05, 4.69) is 21.8 Å². The van der Waals surface area contributed by atoms with Crippen LogP contribution >= 0.6 is 11.8 Å². The maximum absolute atomic E-state index is 12.6. The van der Waals surface area contributed by atoms with Crippen LogP contribution in [-0.4, -0.2) is 35.2 Å². The first-order valence-electron chi connectivity index (χ1n) is 9.79. The second kappa shape index (κ2) is 8.84. The zero-order valence-corrected chi connectivity index (χ0v) is 18.0. The zero-order valence-electron chi connectivity index (χ0n) is 16.3. The van der Waals surface area contributed by atoms with Gasteiger partial charge in [-0.2, -0.15) is 0 Å². The number of carbonyl (C=O) groups excluding carboxylic acids is 1. The number of nitrogens with one attached hydrogen (secondary N) is 1. The Morgan fingerprint density at radius 1 is 1.39 bits per heavy atom. The maximum atomic E-state index is 12.6. The molecule has 28 heavy (non-hydrogen) atoms. The molecule has 3 N–H and O–H groups in total. The molecule has 0 radical (unpaired) electrons. The second-order valence-electron chi connectivity index (χ2n) is 7.35. The Morgan fingerprint density at radius 2 is 2.11 bits per heavy atom. The number of hydrogen-bond donors (Lipinski definition) is 2. The van der Waals surface area contributed by atoms with Crippen molar-refractivity contribution in [1.29, 1.82) is 0 Å². The summed E-state index contributed by atoms with van der Waals surface area (Å²) in [6.45, 7) is 4.76. The molecule has 3 rings (SSSR count). The van der Waals surface area contributed by atoms with E-state index in [0.717, 1.165) is 42.9 Å². The van der Waals surface area contributed by atoms with Crippen LogP contribution in [0.25, 0.3) is 11.0 Å². The highest BCUT2D eigenvalue weighted by Crippen LogP contribution is 2.29. The van der Waals surface area contributed by atoms with Crippen molar-refractivity contribution < 1.29 is 13.2 Å². The highest BCUT2D eigenvalue weighted by molar-refractivity contribution is 8.00. The monoisotopic (exact) mass is 424 g/mol. The number of thioether (sulfide) groups is 1. The number of benzene rings is 1. The van der Waals surface area contributed by atoms with E-state index in [1.807, 2.05) is 6.92 Å². The normalized spacial score (nSPS) is 16.5. The number of aromatic nitrogens is 2. The number of nitrogens with two attached hydrogens (primary N) is 1. The smallest absolute Gasteiger partial charge is 0.238 e. The molecule has 1 amide bonds. The quantitative estimate of drug-likeness (QED) is 0.634. The van der Waals surface area contributed by atoms with Gasteiger partial charge in [-0.3, -0.25) is 4.79 Å². The van der Waals surface area contributed by atoms with Crippen LogP contribution in [0.15, 0.2) is 28.3 Å². The molecular weight excluding hydrogens is 396 g/mol. The number of sulfonamides is 1. The van der Waals surface area contributed by atoms with E-state index in [1.165, 1.54) is 36.7 Å². The maximum Gasteiger partial charge on any atom is 0.238 e. The molecule has 1 aromatic carbocycles. The molecule has 1 fully saturated rings. The van der Waals surface area contributed by atoms with E-state index in [4.69, 9.17) is 5.14 Å². The fraction of sp³-hybridized carbons (Fsp3) is 0.579. The number of rotatable bonds is 8. The first kappa shape index (κ1) is 21.1. The van der Waals surface area contributed by atoms with Crippen LogP contribution in [0.5, 0.6) is 0 Å². The van der Waals surface area contributed by atoms with Crippen LogP contribution in [0.2, 0.25) is 0 Å². The van der Waals surface area contributed by atoms with Gasteiger partial charge in [0.1, 0.15) is 0 Å². The predicted octanol–water partition coefficient (Wildman–Crippen LogP) is 3.02. The van der Waals surface area contributed by atoms with Gasteiger partial charge in [0.2, 0.25) is 15.9 Å². The average molecular weight is 425 g/mol. The number of nitrogens with zero attached hydrogens (tertiary/aromatic N) is 2. The predicted molar refractivity (Wildman–Crippen MR) is 112 cm³/mol. The third-order valence-corrected chi connectivity index (χ3v) is 7.10. The summed E-state index contributed by atoms with van der Waals surface area (Å²) in [6.07, 6.45) is 6.44. The minimum absolute atomic E-state index is 0.0243. The summed E-state index contributed by atoms with van der Waals surface area (Å²) in [5, 5.41) is 8.83. The number of hydrogen-bond acceptors (Lipinski definition) is 5. The Hall–Kier alpha value is -1.58. The summed E-state index contributed by atoms with van der Waals surface area (Å²) < 4.78 is 25.4. The molecule has 9 heteroatoms. The van der Waals surface area contributed by atoms with Crippen LogP contribution in [-0.2, 0) is 21.4 Å². The number of fused-ring (bicyclic) bond motifs is 1. The Morgan fingerprint density at radius 3 is 2.75 bits per heavy atom. The van der Waals surface area contributed by atoms with Crippen molar-refractivity contribution in [2.24, 2.45) is 5.14 Å². The van der Waals surface area contributed by atoms with Crippen LogP contribution < -0.4 is 10.5 Å². The Kier molecular flexibility index (Phi) is 6.67. The summed E-state index contributed by atoms with van der Waals surface area (Å²) in [7, 11) is -3.78. The first-order valence-corrected chi connectivity index (χ1v) is 12.2. The SMILES string of the molecule is CCCCn1c(S[C@H](C)C(=O)NC2CCCC2)nc2cc(S(N)(=O)=O)ccc21. The number of carbonyl (C=O) groups is 1. The van der Waals surface area contributed by atoms with Gasteiger partial charge in [0.25, 0.3) is 0 Å². The molecule has 7 nitrogen and oxygen atoms in total. The lowest BCUT2D eigenvalue weighted by atomic mass is 10.2. The van der Waals surface area contributed by atoms with E-state index in [9.17, 15) is 13.2 Å². The fourth-order valence-electron chi connectivity index (χ4n) is 3.49. The Labute approximate surface area is 170 Å². The Bertz CT molecular complexity index is 949. The van der Waals surface area contributed by atoms with Gasteiger partial charge in [-0.05, 0) is 44.4 Å². The van der Waals surface area contributed by atoms with E-state index in [0.29, 0.717) is 5.52 Å². The lowest BCUT2D eigenvalue weighted by Gasteiger charge is -2.16. The summed E-state index contributed by atoms with van der Waals surface area (Å²) in [6, 6.07) is 5.03. The van der Waals surface area contributed by atoms with Gasteiger partial charge in [-0.15, -0.1) is 0 Å². The average Bonchev–Trinajstić information content (AvgIpc) is 3.26. The van der Waals surface area contributed by atoms with E-state index < -0.39 is 10.0 Å². The third kappa shape index (κ3) is 4.87. The molecule has 2 aromatic rings. The molecule has 1 heterocycles. The molecule has 0 unspecified atom stereocenters. The zero-order chi connectivity index (χ0) is 20.3. The van der Waals surface area contributed by atoms with Crippen molar-refractivity contribution in [3.05, 3.63) is 18.2 Å². The molecule has 1 aliphatic carbocycles. The van der Waals surface area contributed by atoms with E-state index >= 15 is 0 Å². The highest BCUT2D eigenvalue weighted by atomic mass is 32.2. The molecule has 0 bridgehead atoms. The van der Waals surface area contributed by atoms with Gasteiger partial charge in [0, 0.05) is 12.6 Å². The largest absolute Gasteiger partial charge is 0.352 e. The van der Waals surface area contributed by atoms with Gasteiger partial charge in [0.05, 0.1) is 21.2 Å². The van der Waals surface area contributed by atoms with Gasteiger partial charge in [0.15, 0.2) is 5.16 Å². The molecule has 0 spiro atoms. The minimum Gasteiger partial charge on any atom is -0.352 e. The van der Waals surface area contributed by atoms with Crippen molar-refractivity contribution in [3.8, 4) is 0 Å². The summed E-state index contributed by atoms with van der Waals surface area (Å²) in [4.78, 5) is 17.2. The number of unbranched alkanes of at least 4 members (excludes halogenated alkanes) is 1. The van der Waals surface area contributed by atoms with E-state index in [1.54, 1.807) is 6.07 Å². The lowest BCUT2D eigenvalue weighted by molar-refractivity contribution is -0.120. The third-order valence-electron chi connectivity index (χ3n) is 5.10. The minimum atomic E-state index is -3.78. The number of primary sulfonamides is 1. The fourth-order valence-corrected chi connectivity index (χ4v) is 4.98. The number of imidazole rings is 1. The van der Waals surface area contributed by atoms with Crippen molar-refractivity contribution >= 4 is 38.7 Å². The standard InChI is InChI=1S/C19H28N4O3S2/c1-3-4-11-23-17-10-9-15(28(20,25)26)12-16(17)22-19(23)27-13(2)18(24)21-14-7-5-6-8-14/h9-10,12-14H,3-8,11H2,1-2H3,(H,21,24)(H2,20,25,26)/t13-/m1/s1. The van der Waals surface area contributed by atoms with Crippen molar-refractivity contribution in [3.63, 3.8) is 0 Å². The summed E-state index contributed by atoms with van der Waals surface area (Å²) in [5.74, 6) is 0.0243. The summed E-state index contributed by atoms with van der Waals surface area (Å²) in [5.41, 5.74) is 1.43. The van der Waals surface area contributed by atoms with Crippen LogP contribution in [0, 0.1) is 0 Å². The molecule has 0 saturated heterocycles. The topological polar surface area (TPSA) is 107 Å². The number of amides is 1. The molecule has 1 aromatic heterocycles. The lowest BCUT2D eigenvalue weighted by Crippen LogP contribution is -2.37. The molecule has 154 valence electrons. The molecule has 0 aliphatic heterocycles. The van der Waals surface area contributed by atoms with Crippen LogP contribution in [0.3, 0.4) is 0 Å². The second-order valence-corrected chi connectivity index (χ2v) is 10.2. The van der Waals surface area contributed by atoms with Gasteiger partial charge >= 0.3 is 0 Å². The highest BCUT2D eigenvalue weighted by Gasteiger charge is 2.23. The summed E-state index contributed by atoms with van der Waals surface area (Å²) >= 11 is 1.41. The molecule has 1 atom stereocenters. The van der Waals surface area contributed by atoms with E-state index in [-0.39, 0.29) is 22.1 Å². The van der Waals surface area contributed by atoms with Crippen LogP contribution in [0.4, 0.5) is 0 Å². The number of aryl methyl sites for hydroxylation is 1. The van der Waals surface area contributed by atoms with Crippen molar-refractivity contribution in [2.45, 2.75) is 80.3 Å². The van der Waals surface area contributed by atoms with Gasteiger partial charge in [-0.1, -0.05) is 37.9 Å². The first-order chi connectivity index (χ1) is 13.3. The van der Waals surface area contributed by atoms with Crippen molar-refractivity contribution in [2.75, 3.05) is 0 Å². The molecule has 1 saturated carbocycles.